The molecule has 0 bridgehead atoms. The summed E-state index contributed by atoms with van der Waals surface area (Å²) in [6.07, 6.45) is 0.681. The minimum atomic E-state index is -0.783. The number of hydrogen-bond donors (Lipinski definition) is 1. The SMILES string of the molecule is Cn1cc(C2Nc3ccccc3C(=O)N2c2ccc(Cl)cc2)c(=O)n(C)c1=O. The third-order valence-corrected chi connectivity index (χ3v) is 5.05. The van der Waals surface area contributed by atoms with E-state index in [9.17, 15) is 14.4 Å². The number of nitrogens with zero attached hydrogens (tertiary/aromatic N) is 3. The van der Waals surface area contributed by atoms with Crippen LogP contribution in [0.3, 0.4) is 0 Å². The molecule has 0 fully saturated rings. The Bertz CT molecular complexity index is 1200. The first-order valence-corrected chi connectivity index (χ1v) is 8.97. The molecule has 2 heterocycles. The summed E-state index contributed by atoms with van der Waals surface area (Å²) in [5.41, 5.74) is 1.08. The molecule has 1 aromatic heterocycles. The van der Waals surface area contributed by atoms with Crippen molar-refractivity contribution in [2.24, 2.45) is 14.1 Å². The summed E-state index contributed by atoms with van der Waals surface area (Å²) in [7, 11) is 2.98. The van der Waals surface area contributed by atoms with Crippen molar-refractivity contribution >= 4 is 28.9 Å². The van der Waals surface area contributed by atoms with Crippen LogP contribution in [0.2, 0.25) is 5.02 Å². The summed E-state index contributed by atoms with van der Waals surface area (Å²) in [5.74, 6) is -0.252. The maximum atomic E-state index is 13.3. The van der Waals surface area contributed by atoms with Gasteiger partial charge in [0.25, 0.3) is 11.5 Å². The van der Waals surface area contributed by atoms with Crippen molar-refractivity contribution in [2.75, 3.05) is 10.2 Å². The molecule has 0 saturated carbocycles. The molecular formula is C20H17ClN4O3. The Kier molecular flexibility index (Phi) is 4.31. The first-order chi connectivity index (χ1) is 13.4. The van der Waals surface area contributed by atoms with Crippen LogP contribution in [-0.4, -0.2) is 15.0 Å². The quantitative estimate of drug-likeness (QED) is 0.722. The van der Waals surface area contributed by atoms with Gasteiger partial charge < -0.3 is 9.88 Å². The van der Waals surface area contributed by atoms with Crippen LogP contribution < -0.4 is 21.5 Å². The van der Waals surface area contributed by atoms with Gasteiger partial charge in [-0.05, 0) is 36.4 Å². The van der Waals surface area contributed by atoms with E-state index in [0.29, 0.717) is 22.0 Å². The Balaban J connectivity index is 1.96. The second-order valence-corrected chi connectivity index (χ2v) is 7.02. The predicted molar refractivity (Wildman–Crippen MR) is 108 cm³/mol. The van der Waals surface area contributed by atoms with Gasteiger partial charge in [0, 0.05) is 36.7 Å². The number of amides is 1. The van der Waals surface area contributed by atoms with Gasteiger partial charge in [0.15, 0.2) is 0 Å². The van der Waals surface area contributed by atoms with Crippen molar-refractivity contribution in [2.45, 2.75) is 6.17 Å². The van der Waals surface area contributed by atoms with Crippen molar-refractivity contribution in [1.82, 2.24) is 9.13 Å². The number of anilines is 2. The molecule has 1 unspecified atom stereocenters. The Hall–Kier alpha value is -3.32. The monoisotopic (exact) mass is 396 g/mol. The number of aromatic nitrogens is 2. The largest absolute Gasteiger partial charge is 0.360 e. The highest BCUT2D eigenvalue weighted by Gasteiger charge is 2.36. The highest BCUT2D eigenvalue weighted by atomic mass is 35.5. The van der Waals surface area contributed by atoms with Gasteiger partial charge in [0.05, 0.1) is 11.1 Å². The molecule has 28 heavy (non-hydrogen) atoms. The van der Waals surface area contributed by atoms with E-state index in [4.69, 9.17) is 11.6 Å². The van der Waals surface area contributed by atoms with Gasteiger partial charge in [-0.25, -0.2) is 4.79 Å². The van der Waals surface area contributed by atoms with Crippen LogP contribution in [0.4, 0.5) is 11.4 Å². The number of nitrogens with one attached hydrogen (secondary N) is 1. The van der Waals surface area contributed by atoms with Crippen LogP contribution in [0.15, 0.2) is 64.3 Å². The van der Waals surface area contributed by atoms with Crippen LogP contribution >= 0.6 is 11.6 Å². The number of halogens is 1. The highest BCUT2D eigenvalue weighted by Crippen LogP contribution is 2.35. The summed E-state index contributed by atoms with van der Waals surface area (Å²) >= 11 is 6.00. The van der Waals surface area contributed by atoms with Crippen molar-refractivity contribution in [3.05, 3.63) is 91.7 Å². The summed E-state index contributed by atoms with van der Waals surface area (Å²) in [4.78, 5) is 39.7. The van der Waals surface area contributed by atoms with Gasteiger partial charge in [0.1, 0.15) is 6.17 Å². The number of carbonyl (C=O) groups excluding carboxylic acids is 1. The second kappa shape index (κ2) is 6.69. The van der Waals surface area contributed by atoms with Crippen LogP contribution in [0.5, 0.6) is 0 Å². The van der Waals surface area contributed by atoms with Crippen LogP contribution in [0.1, 0.15) is 22.1 Å². The lowest BCUT2D eigenvalue weighted by Crippen LogP contribution is -2.48. The Morgan fingerprint density at radius 3 is 2.36 bits per heavy atom. The smallest absolute Gasteiger partial charge is 0.330 e. The van der Waals surface area contributed by atoms with E-state index in [1.54, 1.807) is 49.5 Å². The maximum absolute atomic E-state index is 13.3. The lowest BCUT2D eigenvalue weighted by Gasteiger charge is -2.37. The first kappa shape index (κ1) is 18.1. The lowest BCUT2D eigenvalue weighted by molar-refractivity contribution is 0.0974. The van der Waals surface area contributed by atoms with E-state index in [0.717, 1.165) is 4.57 Å². The number of para-hydroxylation sites is 1. The molecule has 1 aliphatic heterocycles. The molecule has 3 aromatic rings. The molecule has 0 aliphatic carbocycles. The lowest BCUT2D eigenvalue weighted by atomic mass is 10.0. The van der Waals surface area contributed by atoms with Crippen LogP contribution in [0.25, 0.3) is 0 Å². The summed E-state index contributed by atoms with van der Waals surface area (Å²) < 4.78 is 2.35. The highest BCUT2D eigenvalue weighted by molar-refractivity contribution is 6.30. The summed E-state index contributed by atoms with van der Waals surface area (Å²) in [6.45, 7) is 0. The zero-order valence-corrected chi connectivity index (χ0v) is 16.0. The molecule has 142 valence electrons. The minimum Gasteiger partial charge on any atom is -0.360 e. The maximum Gasteiger partial charge on any atom is 0.330 e. The van der Waals surface area contributed by atoms with Gasteiger partial charge in [0.2, 0.25) is 0 Å². The molecule has 8 heteroatoms. The fraction of sp³-hybridized carbons (Fsp3) is 0.150. The van der Waals surface area contributed by atoms with Crippen LogP contribution in [-0.2, 0) is 14.1 Å². The molecule has 0 radical (unpaired) electrons. The molecule has 2 aromatic carbocycles. The van der Waals surface area contributed by atoms with Crippen molar-refractivity contribution < 1.29 is 4.79 Å². The molecule has 0 saturated heterocycles. The number of carbonyl (C=O) groups is 1. The fourth-order valence-electron chi connectivity index (χ4n) is 3.36. The zero-order valence-electron chi connectivity index (χ0n) is 15.2. The van der Waals surface area contributed by atoms with Crippen LogP contribution in [0, 0.1) is 0 Å². The second-order valence-electron chi connectivity index (χ2n) is 6.59. The number of fused-ring (bicyclic) bond motifs is 1. The topological polar surface area (TPSA) is 76.3 Å². The normalized spacial score (nSPS) is 15.9. The number of hydrogen-bond acceptors (Lipinski definition) is 4. The average molecular weight is 397 g/mol. The van der Waals surface area contributed by atoms with E-state index in [-0.39, 0.29) is 11.5 Å². The number of aryl methyl sites for hydroxylation is 1. The van der Waals surface area contributed by atoms with E-state index < -0.39 is 17.4 Å². The Morgan fingerprint density at radius 2 is 1.64 bits per heavy atom. The van der Waals surface area contributed by atoms with E-state index in [1.165, 1.54) is 22.7 Å². The zero-order chi connectivity index (χ0) is 20.0. The molecule has 1 N–H and O–H groups in total. The number of benzene rings is 2. The van der Waals surface area contributed by atoms with E-state index in [2.05, 4.69) is 5.32 Å². The third-order valence-electron chi connectivity index (χ3n) is 4.80. The molecule has 1 aliphatic rings. The van der Waals surface area contributed by atoms with Gasteiger partial charge in [-0.15, -0.1) is 0 Å². The summed E-state index contributed by atoms with van der Waals surface area (Å²) in [6, 6.07) is 13.9. The van der Waals surface area contributed by atoms with Gasteiger partial charge >= 0.3 is 5.69 Å². The first-order valence-electron chi connectivity index (χ1n) is 8.59. The molecule has 7 nitrogen and oxygen atoms in total. The van der Waals surface area contributed by atoms with Crippen molar-refractivity contribution in [3.8, 4) is 0 Å². The summed E-state index contributed by atoms with van der Waals surface area (Å²) in [5, 5.41) is 3.80. The molecule has 1 atom stereocenters. The fourth-order valence-corrected chi connectivity index (χ4v) is 3.49. The van der Waals surface area contributed by atoms with Crippen molar-refractivity contribution in [1.29, 1.82) is 0 Å². The third kappa shape index (κ3) is 2.80. The predicted octanol–water partition coefficient (Wildman–Crippen LogP) is 2.51. The Labute approximate surface area is 165 Å². The molecule has 1 amide bonds. The standard InChI is InChI=1S/C20H17ClN4O3/c1-23-11-15(18(26)24(2)20(23)28)17-22-16-6-4-3-5-14(16)19(27)25(17)13-9-7-12(21)8-10-13/h3-11,17,22H,1-2H3. The molecule has 0 spiro atoms. The minimum absolute atomic E-state index is 0.252. The molecular weight excluding hydrogens is 380 g/mol. The van der Waals surface area contributed by atoms with Gasteiger partial charge in [-0.3, -0.25) is 19.1 Å². The van der Waals surface area contributed by atoms with Crippen molar-refractivity contribution in [3.63, 3.8) is 0 Å². The average Bonchev–Trinajstić information content (AvgIpc) is 2.70. The van der Waals surface area contributed by atoms with Gasteiger partial charge in [-0.1, -0.05) is 23.7 Å². The van der Waals surface area contributed by atoms with E-state index in [1.807, 2.05) is 6.07 Å². The Morgan fingerprint density at radius 1 is 0.964 bits per heavy atom. The number of rotatable bonds is 2. The van der Waals surface area contributed by atoms with Gasteiger partial charge in [-0.2, -0.15) is 0 Å². The van der Waals surface area contributed by atoms with E-state index >= 15 is 0 Å². The molecule has 4 rings (SSSR count).